The molecule has 3 aromatic rings. The zero-order valence-corrected chi connectivity index (χ0v) is 13.4. The Labute approximate surface area is 138 Å². The first-order chi connectivity index (χ1) is 10.1. The topological polar surface area (TPSA) is 94.5 Å². The molecule has 3 N–H and O–H groups in total. The average molecular weight is 414 g/mol. The molecule has 0 aliphatic heterocycles. The molecule has 9 heteroatoms. The maximum atomic E-state index is 5.93. The van der Waals surface area contributed by atoms with Gasteiger partial charge in [-0.05, 0) is 40.8 Å². The van der Waals surface area contributed by atoms with Gasteiger partial charge in [-0.2, -0.15) is 15.0 Å². The minimum absolute atomic E-state index is 0.125. The molecule has 0 amide bonds. The summed E-state index contributed by atoms with van der Waals surface area (Å²) in [5.74, 6) is 0.873. The minimum atomic E-state index is 0.125. The van der Waals surface area contributed by atoms with Gasteiger partial charge in [0.1, 0.15) is 6.33 Å². The molecule has 106 valence electrons. The highest BCUT2D eigenvalue weighted by atomic mass is 127. The van der Waals surface area contributed by atoms with Gasteiger partial charge in [0.2, 0.25) is 17.8 Å². The largest absolute Gasteiger partial charge is 0.368 e. The predicted octanol–water partition coefficient (Wildman–Crippen LogP) is 2.64. The van der Waals surface area contributed by atoms with Gasteiger partial charge in [-0.25, -0.2) is 4.98 Å². The summed E-state index contributed by atoms with van der Waals surface area (Å²) in [6.45, 7) is 0. The van der Waals surface area contributed by atoms with E-state index in [1.165, 1.54) is 0 Å². The van der Waals surface area contributed by atoms with Crippen LogP contribution in [0.25, 0.3) is 5.95 Å². The van der Waals surface area contributed by atoms with Crippen LogP contribution in [-0.2, 0) is 0 Å². The lowest BCUT2D eigenvalue weighted by Gasteiger charge is -2.09. The van der Waals surface area contributed by atoms with Crippen LogP contribution in [-0.4, -0.2) is 24.5 Å². The highest BCUT2D eigenvalue weighted by Crippen LogP contribution is 2.24. The quantitative estimate of drug-likeness (QED) is 0.641. The molecule has 2 heterocycles. The van der Waals surface area contributed by atoms with Crippen LogP contribution in [0.15, 0.2) is 36.9 Å². The summed E-state index contributed by atoms with van der Waals surface area (Å²) < 4.78 is 2.60. The Morgan fingerprint density at radius 2 is 2.10 bits per heavy atom. The van der Waals surface area contributed by atoms with E-state index in [0.717, 1.165) is 9.26 Å². The summed E-state index contributed by atoms with van der Waals surface area (Å²) in [6.07, 6.45) is 4.95. The summed E-state index contributed by atoms with van der Waals surface area (Å²) in [4.78, 5) is 16.4. The maximum Gasteiger partial charge on any atom is 0.241 e. The minimum Gasteiger partial charge on any atom is -0.368 e. The molecule has 0 saturated carbocycles. The van der Waals surface area contributed by atoms with E-state index < -0.39 is 0 Å². The van der Waals surface area contributed by atoms with Crippen molar-refractivity contribution in [2.45, 2.75) is 0 Å². The molecule has 0 saturated heterocycles. The van der Waals surface area contributed by atoms with Gasteiger partial charge in [-0.3, -0.25) is 4.57 Å². The zero-order valence-electron chi connectivity index (χ0n) is 10.5. The van der Waals surface area contributed by atoms with Crippen molar-refractivity contribution in [1.29, 1.82) is 0 Å². The third-order valence-corrected chi connectivity index (χ3v) is 3.68. The van der Waals surface area contributed by atoms with Gasteiger partial charge in [-0.1, -0.05) is 11.6 Å². The predicted molar refractivity (Wildman–Crippen MR) is 88.8 cm³/mol. The van der Waals surface area contributed by atoms with Crippen molar-refractivity contribution in [3.63, 3.8) is 0 Å². The number of nitrogens with two attached hydrogens (primary N) is 1. The molecule has 0 aliphatic rings. The summed E-state index contributed by atoms with van der Waals surface area (Å²) >= 11 is 8.11. The van der Waals surface area contributed by atoms with E-state index in [0.29, 0.717) is 16.9 Å². The monoisotopic (exact) mass is 413 g/mol. The molecule has 0 bridgehead atoms. The Bertz CT molecular complexity index is 775. The second-order valence-corrected chi connectivity index (χ2v) is 5.63. The van der Waals surface area contributed by atoms with Crippen LogP contribution in [0.4, 0.5) is 17.6 Å². The first-order valence-electron chi connectivity index (χ1n) is 5.84. The molecule has 0 atom stereocenters. The molecular weight excluding hydrogens is 405 g/mol. The van der Waals surface area contributed by atoms with Crippen LogP contribution in [0, 0.1) is 3.57 Å². The fourth-order valence-electron chi connectivity index (χ4n) is 1.64. The fourth-order valence-corrected chi connectivity index (χ4v) is 2.65. The third-order valence-electron chi connectivity index (χ3n) is 2.55. The fraction of sp³-hybridized carbons (Fsp3) is 0. The summed E-state index contributed by atoms with van der Waals surface area (Å²) in [5.41, 5.74) is 6.56. The number of nitrogens with one attached hydrogen (secondary N) is 1. The summed E-state index contributed by atoms with van der Waals surface area (Å²) in [5, 5.41) is 3.77. The van der Waals surface area contributed by atoms with Crippen molar-refractivity contribution >= 4 is 51.8 Å². The third kappa shape index (κ3) is 3.22. The Balaban J connectivity index is 1.95. The summed E-state index contributed by atoms with van der Waals surface area (Å²) in [6, 6.07) is 5.47. The van der Waals surface area contributed by atoms with Crippen LogP contribution in [0.5, 0.6) is 0 Å². The highest BCUT2D eigenvalue weighted by Gasteiger charge is 2.08. The van der Waals surface area contributed by atoms with Gasteiger partial charge < -0.3 is 11.1 Å². The van der Waals surface area contributed by atoms with Gasteiger partial charge in [0, 0.05) is 21.0 Å². The number of rotatable bonds is 3. The molecule has 21 heavy (non-hydrogen) atoms. The van der Waals surface area contributed by atoms with Crippen molar-refractivity contribution in [1.82, 2.24) is 24.5 Å². The number of benzene rings is 1. The molecule has 3 rings (SSSR count). The van der Waals surface area contributed by atoms with Crippen LogP contribution >= 0.6 is 34.2 Å². The smallest absolute Gasteiger partial charge is 0.241 e. The van der Waals surface area contributed by atoms with Gasteiger partial charge in [0.25, 0.3) is 0 Å². The maximum absolute atomic E-state index is 5.93. The van der Waals surface area contributed by atoms with Crippen molar-refractivity contribution in [2.75, 3.05) is 11.1 Å². The number of imidazole rings is 1. The van der Waals surface area contributed by atoms with E-state index in [9.17, 15) is 0 Å². The van der Waals surface area contributed by atoms with E-state index in [-0.39, 0.29) is 5.95 Å². The standard InChI is InChI=1S/C12H9ClIN7/c13-7-1-2-9(8(14)5-7)17-11-18-10(15)19-12(20-11)21-4-3-16-6-21/h1-6H,(H3,15,17,18,19,20). The van der Waals surface area contributed by atoms with E-state index >= 15 is 0 Å². The summed E-state index contributed by atoms with van der Waals surface area (Å²) in [7, 11) is 0. The van der Waals surface area contributed by atoms with E-state index in [2.05, 4.69) is 47.8 Å². The second kappa shape index (κ2) is 5.82. The van der Waals surface area contributed by atoms with Crippen molar-refractivity contribution in [3.8, 4) is 5.95 Å². The normalized spacial score (nSPS) is 10.6. The van der Waals surface area contributed by atoms with Crippen LogP contribution in [0.3, 0.4) is 0 Å². The molecule has 0 unspecified atom stereocenters. The van der Waals surface area contributed by atoms with E-state index in [4.69, 9.17) is 17.3 Å². The van der Waals surface area contributed by atoms with Gasteiger partial charge in [0.15, 0.2) is 0 Å². The lowest BCUT2D eigenvalue weighted by atomic mass is 10.3. The average Bonchev–Trinajstić information content (AvgIpc) is 2.95. The molecule has 0 fully saturated rings. The Hall–Kier alpha value is -1.94. The molecule has 0 radical (unpaired) electrons. The lowest BCUT2D eigenvalue weighted by molar-refractivity contribution is 0.906. The second-order valence-electron chi connectivity index (χ2n) is 4.04. The van der Waals surface area contributed by atoms with Crippen LogP contribution in [0.1, 0.15) is 0 Å². The Morgan fingerprint density at radius 1 is 1.24 bits per heavy atom. The van der Waals surface area contributed by atoms with Crippen molar-refractivity contribution < 1.29 is 0 Å². The van der Waals surface area contributed by atoms with E-state index in [1.54, 1.807) is 29.4 Å². The Morgan fingerprint density at radius 3 is 2.81 bits per heavy atom. The van der Waals surface area contributed by atoms with Crippen LogP contribution in [0.2, 0.25) is 5.02 Å². The van der Waals surface area contributed by atoms with Gasteiger partial charge in [0.05, 0.1) is 5.69 Å². The van der Waals surface area contributed by atoms with Crippen molar-refractivity contribution in [2.24, 2.45) is 0 Å². The number of hydrogen-bond acceptors (Lipinski definition) is 6. The number of halogens is 2. The Kier molecular flexibility index (Phi) is 3.88. The molecule has 0 spiro atoms. The SMILES string of the molecule is Nc1nc(Nc2ccc(Cl)cc2I)nc(-n2ccnc2)n1. The number of hydrogen-bond donors (Lipinski definition) is 2. The lowest BCUT2D eigenvalue weighted by Crippen LogP contribution is -2.08. The molecule has 7 nitrogen and oxygen atoms in total. The van der Waals surface area contributed by atoms with Crippen LogP contribution < -0.4 is 11.1 Å². The molecular formula is C12H9ClIN7. The zero-order chi connectivity index (χ0) is 14.8. The molecule has 1 aromatic carbocycles. The number of nitrogens with zero attached hydrogens (tertiary/aromatic N) is 5. The number of aromatic nitrogens is 5. The molecule has 2 aromatic heterocycles. The van der Waals surface area contributed by atoms with Gasteiger partial charge >= 0.3 is 0 Å². The first kappa shape index (κ1) is 14.0. The first-order valence-corrected chi connectivity index (χ1v) is 7.29. The number of anilines is 3. The van der Waals surface area contributed by atoms with Gasteiger partial charge in [-0.15, -0.1) is 0 Å². The highest BCUT2D eigenvalue weighted by molar-refractivity contribution is 14.1. The van der Waals surface area contributed by atoms with E-state index in [1.807, 2.05) is 12.1 Å². The molecule has 0 aliphatic carbocycles. The van der Waals surface area contributed by atoms with Crippen molar-refractivity contribution in [3.05, 3.63) is 45.5 Å². The number of nitrogen functional groups attached to an aromatic ring is 1.